The third-order valence-electron chi connectivity index (χ3n) is 4.80. The topological polar surface area (TPSA) is 51.5 Å². The molecule has 0 aliphatic heterocycles. The summed E-state index contributed by atoms with van der Waals surface area (Å²) in [6, 6.07) is 15.3. The number of methoxy groups -OCH3 is 1. The van der Waals surface area contributed by atoms with Crippen LogP contribution in [0.3, 0.4) is 0 Å². The van der Waals surface area contributed by atoms with Crippen LogP contribution in [0, 0.1) is 5.92 Å². The van der Waals surface area contributed by atoms with Crippen molar-refractivity contribution in [1.29, 1.82) is 0 Å². The van der Waals surface area contributed by atoms with Gasteiger partial charge in [-0.1, -0.05) is 41.9 Å². The summed E-state index contributed by atoms with van der Waals surface area (Å²) in [6.07, 6.45) is 2.22. The number of ether oxygens (including phenoxy) is 1. The van der Waals surface area contributed by atoms with Gasteiger partial charge in [-0.25, -0.2) is 0 Å². The van der Waals surface area contributed by atoms with Crippen LogP contribution in [0.25, 0.3) is 11.0 Å². The summed E-state index contributed by atoms with van der Waals surface area (Å²) >= 11 is 6.00. The normalized spacial score (nSPS) is 15.2. The largest absolute Gasteiger partial charge is 0.451 e. The van der Waals surface area contributed by atoms with E-state index in [4.69, 9.17) is 20.8 Å². The number of amides is 1. The molecule has 1 amide bonds. The number of rotatable bonds is 6. The van der Waals surface area contributed by atoms with Crippen LogP contribution in [-0.2, 0) is 11.3 Å². The summed E-state index contributed by atoms with van der Waals surface area (Å²) in [7, 11) is 1.62. The number of halogens is 1. The Morgan fingerprint density at radius 1 is 1.23 bits per heavy atom. The standard InChI is InChI=1S/C21H20ClNO3/c1-25-12-17-16-4-2-3-5-18(16)26-20(17)21(24)23-19(13-6-7-13)14-8-10-15(22)11-9-14/h2-5,8-11,13,19H,6-7,12H2,1H3,(H,23,24)/t19-/m1/s1. The number of benzene rings is 2. The average Bonchev–Trinajstić information content (AvgIpc) is 3.43. The summed E-state index contributed by atoms with van der Waals surface area (Å²) in [5.41, 5.74) is 2.54. The van der Waals surface area contributed by atoms with Gasteiger partial charge in [0.1, 0.15) is 5.58 Å². The van der Waals surface area contributed by atoms with Crippen molar-refractivity contribution in [3.63, 3.8) is 0 Å². The Bertz CT molecular complexity index is 928. The maximum absolute atomic E-state index is 13.0. The second-order valence-electron chi connectivity index (χ2n) is 6.68. The molecule has 1 aliphatic rings. The zero-order valence-corrected chi connectivity index (χ0v) is 15.3. The maximum atomic E-state index is 13.0. The van der Waals surface area contributed by atoms with Gasteiger partial charge in [0.15, 0.2) is 5.76 Å². The minimum absolute atomic E-state index is 0.0385. The smallest absolute Gasteiger partial charge is 0.287 e. The van der Waals surface area contributed by atoms with Crippen molar-refractivity contribution in [1.82, 2.24) is 5.32 Å². The number of fused-ring (bicyclic) bond motifs is 1. The molecule has 0 unspecified atom stereocenters. The lowest BCUT2D eigenvalue weighted by Crippen LogP contribution is -2.30. The second-order valence-corrected chi connectivity index (χ2v) is 7.12. The molecule has 0 spiro atoms. The molecule has 1 atom stereocenters. The van der Waals surface area contributed by atoms with E-state index in [0.29, 0.717) is 28.9 Å². The lowest BCUT2D eigenvalue weighted by atomic mass is 10.0. The van der Waals surface area contributed by atoms with Crippen molar-refractivity contribution in [2.24, 2.45) is 5.92 Å². The molecular weight excluding hydrogens is 350 g/mol. The Morgan fingerprint density at radius 2 is 1.96 bits per heavy atom. The van der Waals surface area contributed by atoms with Gasteiger partial charge in [-0.2, -0.15) is 0 Å². The van der Waals surface area contributed by atoms with Crippen molar-refractivity contribution >= 4 is 28.5 Å². The fraction of sp³-hybridized carbons (Fsp3) is 0.286. The van der Waals surface area contributed by atoms with Gasteiger partial charge in [0.05, 0.1) is 12.6 Å². The minimum atomic E-state index is -0.208. The van der Waals surface area contributed by atoms with Gasteiger partial charge < -0.3 is 14.5 Å². The number of carbonyl (C=O) groups is 1. The summed E-state index contributed by atoms with van der Waals surface area (Å²) in [6.45, 7) is 0.328. The number of hydrogen-bond acceptors (Lipinski definition) is 3. The molecule has 3 aromatic rings. The van der Waals surface area contributed by atoms with E-state index < -0.39 is 0 Å². The van der Waals surface area contributed by atoms with E-state index in [2.05, 4.69) is 5.32 Å². The fourth-order valence-electron chi connectivity index (χ4n) is 3.35. The van der Waals surface area contributed by atoms with Gasteiger partial charge in [-0.3, -0.25) is 4.79 Å². The van der Waals surface area contributed by atoms with E-state index in [9.17, 15) is 4.79 Å². The number of furan rings is 1. The second kappa shape index (κ2) is 7.14. The van der Waals surface area contributed by atoms with Crippen molar-refractivity contribution in [2.45, 2.75) is 25.5 Å². The Balaban J connectivity index is 1.65. The quantitative estimate of drug-likeness (QED) is 0.656. The molecular formula is C21H20ClNO3. The van der Waals surface area contributed by atoms with E-state index >= 15 is 0 Å². The molecule has 1 heterocycles. The molecule has 1 fully saturated rings. The van der Waals surface area contributed by atoms with Crippen LogP contribution in [0.15, 0.2) is 52.9 Å². The van der Waals surface area contributed by atoms with E-state index in [1.807, 2.05) is 48.5 Å². The summed E-state index contributed by atoms with van der Waals surface area (Å²) in [5, 5.41) is 4.76. The van der Waals surface area contributed by atoms with Crippen LogP contribution < -0.4 is 5.32 Å². The molecule has 26 heavy (non-hydrogen) atoms. The van der Waals surface area contributed by atoms with Crippen LogP contribution in [-0.4, -0.2) is 13.0 Å². The molecule has 0 saturated heterocycles. The first-order valence-electron chi connectivity index (χ1n) is 8.73. The number of nitrogens with one attached hydrogen (secondary N) is 1. The predicted molar refractivity (Wildman–Crippen MR) is 101 cm³/mol. The third-order valence-corrected chi connectivity index (χ3v) is 5.05. The number of hydrogen-bond donors (Lipinski definition) is 1. The van der Waals surface area contributed by atoms with Gasteiger partial charge in [0.2, 0.25) is 0 Å². The molecule has 4 rings (SSSR count). The first-order valence-corrected chi connectivity index (χ1v) is 9.11. The molecule has 1 aliphatic carbocycles. The molecule has 1 aromatic heterocycles. The molecule has 1 saturated carbocycles. The summed E-state index contributed by atoms with van der Waals surface area (Å²) < 4.78 is 11.1. The van der Waals surface area contributed by atoms with Gasteiger partial charge in [0, 0.05) is 23.1 Å². The Hall–Kier alpha value is -2.30. The van der Waals surface area contributed by atoms with E-state index in [1.165, 1.54) is 0 Å². The van der Waals surface area contributed by atoms with Crippen molar-refractivity contribution in [3.8, 4) is 0 Å². The zero-order chi connectivity index (χ0) is 18.1. The number of carbonyl (C=O) groups excluding carboxylic acids is 1. The average molecular weight is 370 g/mol. The SMILES string of the molecule is COCc1c(C(=O)N[C@@H](c2ccc(Cl)cc2)C2CC2)oc2ccccc12. The molecule has 4 nitrogen and oxygen atoms in total. The molecule has 5 heteroatoms. The van der Waals surface area contributed by atoms with Crippen LogP contribution in [0.5, 0.6) is 0 Å². The van der Waals surface area contributed by atoms with Gasteiger partial charge in [-0.15, -0.1) is 0 Å². The molecule has 1 N–H and O–H groups in total. The van der Waals surface area contributed by atoms with Gasteiger partial charge in [-0.05, 0) is 42.5 Å². The zero-order valence-electron chi connectivity index (χ0n) is 14.5. The Labute approximate surface area is 157 Å². The maximum Gasteiger partial charge on any atom is 0.287 e. The summed E-state index contributed by atoms with van der Waals surface area (Å²) in [4.78, 5) is 13.0. The van der Waals surface area contributed by atoms with E-state index in [-0.39, 0.29) is 11.9 Å². The van der Waals surface area contributed by atoms with E-state index in [0.717, 1.165) is 29.4 Å². The van der Waals surface area contributed by atoms with Crippen LogP contribution >= 0.6 is 11.6 Å². The highest BCUT2D eigenvalue weighted by molar-refractivity contribution is 6.30. The van der Waals surface area contributed by atoms with Gasteiger partial charge in [0.25, 0.3) is 5.91 Å². The van der Waals surface area contributed by atoms with E-state index in [1.54, 1.807) is 7.11 Å². The molecule has 0 bridgehead atoms. The molecule has 0 radical (unpaired) electrons. The van der Waals surface area contributed by atoms with Crippen LogP contribution in [0.4, 0.5) is 0 Å². The monoisotopic (exact) mass is 369 g/mol. The Kier molecular flexibility index (Phi) is 4.70. The third kappa shape index (κ3) is 3.35. The Morgan fingerprint density at radius 3 is 2.65 bits per heavy atom. The van der Waals surface area contributed by atoms with Crippen molar-refractivity contribution in [3.05, 3.63) is 70.4 Å². The van der Waals surface area contributed by atoms with Crippen LogP contribution in [0.2, 0.25) is 5.02 Å². The first-order chi connectivity index (χ1) is 12.7. The highest BCUT2D eigenvalue weighted by Gasteiger charge is 2.34. The van der Waals surface area contributed by atoms with Crippen molar-refractivity contribution < 1.29 is 13.9 Å². The van der Waals surface area contributed by atoms with Gasteiger partial charge >= 0.3 is 0 Å². The first kappa shape index (κ1) is 17.1. The fourth-order valence-corrected chi connectivity index (χ4v) is 3.48. The predicted octanol–water partition coefficient (Wildman–Crippen LogP) is 5.11. The van der Waals surface area contributed by atoms with Crippen LogP contribution in [0.1, 0.15) is 40.6 Å². The lowest BCUT2D eigenvalue weighted by Gasteiger charge is -2.18. The highest BCUT2D eigenvalue weighted by Crippen LogP contribution is 2.41. The number of para-hydroxylation sites is 1. The molecule has 2 aromatic carbocycles. The van der Waals surface area contributed by atoms with Crippen molar-refractivity contribution in [2.75, 3.05) is 7.11 Å². The minimum Gasteiger partial charge on any atom is -0.451 e. The molecule has 134 valence electrons. The highest BCUT2D eigenvalue weighted by atomic mass is 35.5. The summed E-state index contributed by atoms with van der Waals surface area (Å²) in [5.74, 6) is 0.572. The lowest BCUT2D eigenvalue weighted by molar-refractivity contribution is 0.0899.